The number of aliphatic carboxylic acids is 1. The summed E-state index contributed by atoms with van der Waals surface area (Å²) in [5.74, 6) is -4.28. The molecule has 1 heterocycles. The zero-order valence-corrected chi connectivity index (χ0v) is 16.0. The van der Waals surface area contributed by atoms with E-state index in [2.05, 4.69) is 5.32 Å². The fraction of sp³-hybridized carbons (Fsp3) is 0.350. The van der Waals surface area contributed by atoms with Crippen LogP contribution in [0.3, 0.4) is 0 Å². The first kappa shape index (κ1) is 20.0. The number of hydrogen-bond acceptors (Lipinski definition) is 6. The van der Waals surface area contributed by atoms with Crippen LogP contribution in [0.25, 0.3) is 11.1 Å². The van der Waals surface area contributed by atoms with Gasteiger partial charge in [-0.3, -0.25) is 4.79 Å². The van der Waals surface area contributed by atoms with Crippen molar-refractivity contribution in [2.75, 3.05) is 12.4 Å². The molecule has 1 N–H and O–H groups in total. The van der Waals surface area contributed by atoms with Gasteiger partial charge in [-0.25, -0.2) is 9.18 Å². The van der Waals surface area contributed by atoms with E-state index in [-0.39, 0.29) is 10.6 Å². The second kappa shape index (κ2) is 8.52. The molecule has 0 radical (unpaired) electrons. The van der Waals surface area contributed by atoms with Crippen molar-refractivity contribution in [3.8, 4) is 11.1 Å². The van der Waals surface area contributed by atoms with Crippen molar-refractivity contribution in [3.05, 3.63) is 41.0 Å². The van der Waals surface area contributed by atoms with Gasteiger partial charge in [-0.1, -0.05) is 25.0 Å². The van der Waals surface area contributed by atoms with Gasteiger partial charge in [0.1, 0.15) is 16.4 Å². The van der Waals surface area contributed by atoms with Crippen LogP contribution in [-0.4, -0.2) is 25.0 Å². The van der Waals surface area contributed by atoms with Crippen LogP contribution in [0.5, 0.6) is 0 Å². The molecule has 0 saturated heterocycles. The summed E-state index contributed by atoms with van der Waals surface area (Å²) < 4.78 is 18.1. The molecule has 1 aromatic heterocycles. The fourth-order valence-electron chi connectivity index (χ4n) is 3.53. The first-order valence-electron chi connectivity index (χ1n) is 8.89. The smallest absolute Gasteiger partial charge is 0.341 e. The van der Waals surface area contributed by atoms with Gasteiger partial charge < -0.3 is 20.0 Å². The number of ether oxygens (including phenoxy) is 1. The molecule has 148 valence electrons. The first-order chi connectivity index (χ1) is 13.4. The lowest BCUT2D eigenvalue weighted by Crippen LogP contribution is -2.42. The van der Waals surface area contributed by atoms with Crippen LogP contribution in [0, 0.1) is 17.7 Å². The molecule has 1 aromatic carbocycles. The highest BCUT2D eigenvalue weighted by Crippen LogP contribution is 2.38. The van der Waals surface area contributed by atoms with E-state index in [0.717, 1.165) is 24.2 Å². The molecule has 2 aromatic rings. The number of hydrogen-bond donors (Lipinski definition) is 1. The Bertz CT molecular complexity index is 893. The molecule has 28 heavy (non-hydrogen) atoms. The average Bonchev–Trinajstić information content (AvgIpc) is 3.11. The first-order valence-corrected chi connectivity index (χ1v) is 9.77. The standard InChI is InChI=1S/C20H20FNO5S/c1-27-20(26)16-15(11-6-8-12(21)9-7-11)10-28-18(16)22-17(23)13-4-2-3-5-14(13)19(24)25/h6-10,13-14H,2-5H2,1H3,(H,22,23)(H,24,25)/p-1/t13-,14+/m1/s1. The second-order valence-electron chi connectivity index (χ2n) is 6.66. The quantitative estimate of drug-likeness (QED) is 0.773. The summed E-state index contributed by atoms with van der Waals surface area (Å²) in [6.07, 6.45) is 2.35. The molecule has 0 spiro atoms. The minimum absolute atomic E-state index is 0.160. The Morgan fingerprint density at radius 3 is 2.39 bits per heavy atom. The molecule has 0 bridgehead atoms. The molecule has 1 fully saturated rings. The fourth-order valence-corrected chi connectivity index (χ4v) is 4.49. The number of amides is 1. The van der Waals surface area contributed by atoms with Crippen molar-refractivity contribution in [3.63, 3.8) is 0 Å². The van der Waals surface area contributed by atoms with Gasteiger partial charge in [-0.05, 0) is 30.5 Å². The third-order valence-electron chi connectivity index (χ3n) is 4.98. The van der Waals surface area contributed by atoms with E-state index in [9.17, 15) is 23.9 Å². The summed E-state index contributed by atoms with van der Waals surface area (Å²) in [5.41, 5.74) is 1.27. The van der Waals surface area contributed by atoms with Crippen LogP contribution in [0.4, 0.5) is 9.39 Å². The van der Waals surface area contributed by atoms with Crippen molar-refractivity contribution in [2.45, 2.75) is 25.7 Å². The van der Waals surface area contributed by atoms with E-state index in [1.807, 2.05) is 0 Å². The summed E-state index contributed by atoms with van der Waals surface area (Å²) in [5, 5.41) is 16.0. The van der Waals surface area contributed by atoms with Crippen LogP contribution < -0.4 is 10.4 Å². The van der Waals surface area contributed by atoms with E-state index >= 15 is 0 Å². The van der Waals surface area contributed by atoms with Crippen molar-refractivity contribution in [2.24, 2.45) is 11.8 Å². The molecule has 6 nitrogen and oxygen atoms in total. The van der Waals surface area contributed by atoms with Gasteiger partial charge in [0.15, 0.2) is 0 Å². The Hall–Kier alpha value is -2.74. The number of rotatable bonds is 5. The van der Waals surface area contributed by atoms with Crippen molar-refractivity contribution < 1.29 is 28.6 Å². The number of methoxy groups -OCH3 is 1. The highest BCUT2D eigenvalue weighted by atomic mass is 32.1. The van der Waals surface area contributed by atoms with Crippen LogP contribution in [0.2, 0.25) is 0 Å². The Kier molecular flexibility index (Phi) is 6.08. The largest absolute Gasteiger partial charge is 0.550 e. The predicted molar refractivity (Wildman–Crippen MR) is 100 cm³/mol. The maximum Gasteiger partial charge on any atom is 0.341 e. The molecule has 3 rings (SSSR count). The van der Waals surface area contributed by atoms with E-state index in [1.54, 1.807) is 5.38 Å². The third kappa shape index (κ3) is 4.06. The lowest BCUT2D eigenvalue weighted by molar-refractivity contribution is -0.313. The maximum absolute atomic E-state index is 13.2. The Labute approximate surface area is 165 Å². The number of carbonyl (C=O) groups excluding carboxylic acids is 3. The number of halogens is 1. The topological polar surface area (TPSA) is 95.5 Å². The van der Waals surface area contributed by atoms with Crippen molar-refractivity contribution in [1.29, 1.82) is 0 Å². The zero-order chi connectivity index (χ0) is 20.3. The lowest BCUT2D eigenvalue weighted by Gasteiger charge is -2.31. The van der Waals surface area contributed by atoms with Crippen LogP contribution in [0.15, 0.2) is 29.6 Å². The van der Waals surface area contributed by atoms with E-state index in [1.165, 1.54) is 31.4 Å². The molecular formula is C20H19FNO5S-. The van der Waals surface area contributed by atoms with Crippen molar-refractivity contribution in [1.82, 2.24) is 0 Å². The molecular weight excluding hydrogens is 385 g/mol. The molecule has 0 aliphatic heterocycles. The van der Waals surface area contributed by atoms with Crippen LogP contribution >= 0.6 is 11.3 Å². The Morgan fingerprint density at radius 1 is 1.14 bits per heavy atom. The SMILES string of the molecule is COC(=O)c1c(-c2ccc(F)cc2)csc1NC(=O)[C@@H]1CCCC[C@@H]1C(=O)[O-]. The van der Waals surface area contributed by atoms with Gasteiger partial charge >= 0.3 is 5.97 Å². The second-order valence-corrected chi connectivity index (χ2v) is 7.54. The number of benzene rings is 1. The Balaban J connectivity index is 1.91. The number of carboxylic acid groups (broad SMARTS) is 1. The number of carbonyl (C=O) groups is 3. The van der Waals surface area contributed by atoms with E-state index < -0.39 is 35.5 Å². The molecule has 0 unspecified atom stereocenters. The average molecular weight is 404 g/mol. The monoisotopic (exact) mass is 404 g/mol. The summed E-state index contributed by atoms with van der Waals surface area (Å²) in [4.78, 5) is 36.4. The molecule has 8 heteroatoms. The Morgan fingerprint density at radius 2 is 1.79 bits per heavy atom. The van der Waals surface area contributed by atoms with E-state index in [0.29, 0.717) is 24.0 Å². The number of carboxylic acids is 1. The van der Waals surface area contributed by atoms with E-state index in [4.69, 9.17) is 4.74 Å². The molecule has 1 saturated carbocycles. The molecule has 1 amide bonds. The summed E-state index contributed by atoms with van der Waals surface area (Å²) in [6, 6.07) is 5.61. The highest BCUT2D eigenvalue weighted by Gasteiger charge is 2.33. The molecule has 1 aliphatic rings. The number of esters is 1. The minimum Gasteiger partial charge on any atom is -0.550 e. The summed E-state index contributed by atoms with van der Waals surface area (Å²) in [6.45, 7) is 0. The summed E-state index contributed by atoms with van der Waals surface area (Å²) in [7, 11) is 1.23. The number of anilines is 1. The number of thiophene rings is 1. The van der Waals surface area contributed by atoms with Gasteiger partial charge in [-0.2, -0.15) is 0 Å². The maximum atomic E-state index is 13.2. The van der Waals surface area contributed by atoms with Gasteiger partial charge in [0.2, 0.25) is 5.91 Å². The summed E-state index contributed by atoms with van der Waals surface area (Å²) >= 11 is 1.13. The third-order valence-corrected chi connectivity index (χ3v) is 5.87. The predicted octanol–water partition coefficient (Wildman–Crippen LogP) is 2.84. The van der Waals surface area contributed by atoms with Crippen LogP contribution in [0.1, 0.15) is 36.0 Å². The van der Waals surface area contributed by atoms with Gasteiger partial charge in [0.25, 0.3) is 0 Å². The lowest BCUT2D eigenvalue weighted by atomic mass is 9.79. The van der Waals surface area contributed by atoms with Crippen LogP contribution in [-0.2, 0) is 14.3 Å². The zero-order valence-electron chi connectivity index (χ0n) is 15.2. The van der Waals surface area contributed by atoms with Gasteiger partial charge in [0, 0.05) is 28.7 Å². The van der Waals surface area contributed by atoms with Gasteiger partial charge in [-0.15, -0.1) is 11.3 Å². The number of nitrogens with one attached hydrogen (secondary N) is 1. The van der Waals surface area contributed by atoms with Crippen molar-refractivity contribution >= 4 is 34.2 Å². The highest BCUT2D eigenvalue weighted by molar-refractivity contribution is 7.15. The minimum atomic E-state index is -1.23. The van der Waals surface area contributed by atoms with Gasteiger partial charge in [0.05, 0.1) is 7.11 Å². The molecule has 2 atom stereocenters. The normalized spacial score (nSPS) is 19.1. The molecule has 1 aliphatic carbocycles.